The summed E-state index contributed by atoms with van der Waals surface area (Å²) in [5.74, 6) is -2.24. The van der Waals surface area contributed by atoms with Crippen LogP contribution in [0.5, 0.6) is 0 Å². The van der Waals surface area contributed by atoms with Crippen LogP contribution in [-0.2, 0) is 0 Å². The van der Waals surface area contributed by atoms with Crippen molar-refractivity contribution in [3.05, 3.63) is 47.4 Å². The second kappa shape index (κ2) is 4.66. The number of hydrogen-bond donors (Lipinski definition) is 3. The standard InChI is InChI=1S/C11H8FN3O3/c12-7-3-1-6(2-4-7)10(16)14-9-8(11(17)18)5-13-15-9/h1-5H,(H,17,18)(H2,13,14,15,16). The fourth-order valence-electron chi connectivity index (χ4n) is 1.33. The van der Waals surface area contributed by atoms with Gasteiger partial charge in [0, 0.05) is 5.56 Å². The second-order valence-electron chi connectivity index (χ2n) is 3.42. The van der Waals surface area contributed by atoms with Crippen LogP contribution in [0.2, 0.25) is 0 Å². The predicted molar refractivity (Wildman–Crippen MR) is 59.9 cm³/mol. The molecule has 18 heavy (non-hydrogen) atoms. The van der Waals surface area contributed by atoms with Crippen LogP contribution in [0.4, 0.5) is 10.2 Å². The number of H-pyrrole nitrogens is 1. The quantitative estimate of drug-likeness (QED) is 0.768. The van der Waals surface area contributed by atoms with Gasteiger partial charge in [-0.2, -0.15) is 5.10 Å². The number of aromatic amines is 1. The smallest absolute Gasteiger partial charge is 0.341 e. The largest absolute Gasteiger partial charge is 0.477 e. The molecular weight excluding hydrogens is 241 g/mol. The summed E-state index contributed by atoms with van der Waals surface area (Å²) >= 11 is 0. The monoisotopic (exact) mass is 249 g/mol. The average molecular weight is 249 g/mol. The van der Waals surface area contributed by atoms with E-state index in [2.05, 4.69) is 15.5 Å². The van der Waals surface area contributed by atoms with Crippen molar-refractivity contribution in [1.29, 1.82) is 0 Å². The third kappa shape index (κ3) is 2.34. The van der Waals surface area contributed by atoms with Gasteiger partial charge in [-0.1, -0.05) is 0 Å². The van der Waals surface area contributed by atoms with Gasteiger partial charge in [-0.25, -0.2) is 9.18 Å². The minimum Gasteiger partial charge on any atom is -0.477 e. The first-order chi connectivity index (χ1) is 8.58. The van der Waals surface area contributed by atoms with E-state index >= 15 is 0 Å². The van der Waals surface area contributed by atoms with Gasteiger partial charge in [-0.15, -0.1) is 0 Å². The molecule has 0 atom stereocenters. The first-order valence-electron chi connectivity index (χ1n) is 4.91. The molecule has 0 aliphatic heterocycles. The summed E-state index contributed by atoms with van der Waals surface area (Å²) in [7, 11) is 0. The Balaban J connectivity index is 2.19. The predicted octanol–water partition coefficient (Wildman–Crippen LogP) is 1.50. The summed E-state index contributed by atoms with van der Waals surface area (Å²) in [6.45, 7) is 0. The van der Waals surface area contributed by atoms with Crippen LogP contribution in [0.15, 0.2) is 30.5 Å². The molecule has 0 saturated heterocycles. The summed E-state index contributed by atoms with van der Waals surface area (Å²) < 4.78 is 12.7. The lowest BCUT2D eigenvalue weighted by Gasteiger charge is -2.03. The van der Waals surface area contributed by atoms with Crippen LogP contribution in [0, 0.1) is 5.82 Å². The Morgan fingerprint density at radius 3 is 2.56 bits per heavy atom. The molecule has 2 rings (SSSR count). The molecule has 0 aliphatic rings. The maximum absolute atomic E-state index is 12.7. The number of nitrogens with one attached hydrogen (secondary N) is 2. The van der Waals surface area contributed by atoms with Crippen LogP contribution in [-0.4, -0.2) is 27.2 Å². The molecule has 2 aromatic rings. The number of benzene rings is 1. The van der Waals surface area contributed by atoms with Crippen molar-refractivity contribution < 1.29 is 19.1 Å². The van der Waals surface area contributed by atoms with Crippen molar-refractivity contribution in [1.82, 2.24) is 10.2 Å². The molecule has 0 fully saturated rings. The molecular formula is C11H8FN3O3. The number of carboxylic acid groups (broad SMARTS) is 1. The third-order valence-corrected chi connectivity index (χ3v) is 2.21. The first kappa shape index (κ1) is 11.8. The number of carbonyl (C=O) groups is 2. The van der Waals surface area contributed by atoms with Gasteiger partial charge in [-0.05, 0) is 24.3 Å². The van der Waals surface area contributed by atoms with Gasteiger partial charge in [0.2, 0.25) is 0 Å². The Morgan fingerprint density at radius 1 is 1.28 bits per heavy atom. The number of anilines is 1. The van der Waals surface area contributed by atoms with E-state index in [4.69, 9.17) is 5.11 Å². The van der Waals surface area contributed by atoms with Gasteiger partial charge >= 0.3 is 5.97 Å². The summed E-state index contributed by atoms with van der Waals surface area (Å²) in [4.78, 5) is 22.5. The number of hydrogen-bond acceptors (Lipinski definition) is 3. The molecule has 0 radical (unpaired) electrons. The lowest BCUT2D eigenvalue weighted by atomic mass is 10.2. The Kier molecular flexibility index (Phi) is 3.05. The van der Waals surface area contributed by atoms with Crippen molar-refractivity contribution in [2.24, 2.45) is 0 Å². The van der Waals surface area contributed by atoms with E-state index < -0.39 is 17.7 Å². The zero-order chi connectivity index (χ0) is 13.1. The van der Waals surface area contributed by atoms with Crippen molar-refractivity contribution in [3.8, 4) is 0 Å². The van der Waals surface area contributed by atoms with Gasteiger partial charge in [-0.3, -0.25) is 9.89 Å². The van der Waals surface area contributed by atoms with Crippen molar-refractivity contribution in [2.45, 2.75) is 0 Å². The SMILES string of the molecule is O=C(Nc1[nH]ncc1C(=O)O)c1ccc(F)cc1. The molecule has 6 nitrogen and oxygen atoms in total. The molecule has 1 aromatic heterocycles. The number of carboxylic acids is 1. The van der Waals surface area contributed by atoms with Crippen LogP contribution >= 0.6 is 0 Å². The fourth-order valence-corrected chi connectivity index (χ4v) is 1.33. The number of aromatic nitrogens is 2. The lowest BCUT2D eigenvalue weighted by molar-refractivity contribution is 0.0698. The van der Waals surface area contributed by atoms with Gasteiger partial charge in [0.25, 0.3) is 5.91 Å². The van der Waals surface area contributed by atoms with Gasteiger partial charge in [0.05, 0.1) is 6.20 Å². The van der Waals surface area contributed by atoms with Crippen molar-refractivity contribution in [2.75, 3.05) is 5.32 Å². The van der Waals surface area contributed by atoms with E-state index in [1.54, 1.807) is 0 Å². The zero-order valence-electron chi connectivity index (χ0n) is 8.98. The van der Waals surface area contributed by atoms with Crippen LogP contribution in [0.25, 0.3) is 0 Å². The third-order valence-electron chi connectivity index (χ3n) is 2.21. The number of amides is 1. The maximum Gasteiger partial charge on any atom is 0.341 e. The number of carbonyl (C=O) groups excluding carboxylic acids is 1. The van der Waals surface area contributed by atoms with Gasteiger partial charge in [0.15, 0.2) is 0 Å². The Morgan fingerprint density at radius 2 is 1.94 bits per heavy atom. The minimum atomic E-state index is -1.21. The highest BCUT2D eigenvalue weighted by Crippen LogP contribution is 2.12. The highest BCUT2D eigenvalue weighted by Gasteiger charge is 2.15. The normalized spacial score (nSPS) is 10.1. The number of rotatable bonds is 3. The Bertz CT molecular complexity index is 592. The second-order valence-corrected chi connectivity index (χ2v) is 3.42. The van der Waals surface area contributed by atoms with Crippen LogP contribution in [0.3, 0.4) is 0 Å². The van der Waals surface area contributed by atoms with E-state index in [1.165, 1.54) is 12.1 Å². The van der Waals surface area contributed by atoms with E-state index in [9.17, 15) is 14.0 Å². The summed E-state index contributed by atoms with van der Waals surface area (Å²) in [5, 5.41) is 17.0. The fraction of sp³-hybridized carbons (Fsp3) is 0. The number of aromatic carboxylic acids is 1. The molecule has 0 spiro atoms. The van der Waals surface area contributed by atoms with E-state index in [1.807, 2.05) is 0 Å². The first-order valence-corrected chi connectivity index (χ1v) is 4.91. The molecule has 0 saturated carbocycles. The van der Waals surface area contributed by atoms with Crippen molar-refractivity contribution >= 4 is 17.7 Å². The minimum absolute atomic E-state index is 0.0168. The number of halogens is 1. The van der Waals surface area contributed by atoms with Gasteiger partial charge in [0.1, 0.15) is 17.2 Å². The molecule has 0 aliphatic carbocycles. The highest BCUT2D eigenvalue weighted by molar-refractivity contribution is 6.06. The van der Waals surface area contributed by atoms with Gasteiger partial charge < -0.3 is 10.4 Å². The molecule has 92 valence electrons. The Labute approximate surface area is 100 Å². The van der Waals surface area contributed by atoms with E-state index in [0.717, 1.165) is 18.3 Å². The molecule has 1 aromatic carbocycles. The van der Waals surface area contributed by atoms with Crippen molar-refractivity contribution in [3.63, 3.8) is 0 Å². The zero-order valence-corrected chi connectivity index (χ0v) is 8.98. The number of nitrogens with zero attached hydrogens (tertiary/aromatic N) is 1. The molecule has 1 amide bonds. The topological polar surface area (TPSA) is 95.1 Å². The van der Waals surface area contributed by atoms with E-state index in [0.29, 0.717) is 0 Å². The summed E-state index contributed by atoms with van der Waals surface area (Å²) in [6.07, 6.45) is 1.09. The summed E-state index contributed by atoms with van der Waals surface area (Å²) in [5.41, 5.74) is 0.0628. The molecule has 1 heterocycles. The Hall–Kier alpha value is -2.70. The summed E-state index contributed by atoms with van der Waals surface area (Å²) in [6, 6.07) is 4.86. The lowest BCUT2D eigenvalue weighted by Crippen LogP contribution is -2.14. The van der Waals surface area contributed by atoms with E-state index in [-0.39, 0.29) is 16.9 Å². The average Bonchev–Trinajstić information content (AvgIpc) is 2.78. The highest BCUT2D eigenvalue weighted by atomic mass is 19.1. The molecule has 7 heteroatoms. The molecule has 0 bridgehead atoms. The van der Waals surface area contributed by atoms with Crippen LogP contribution < -0.4 is 5.32 Å². The van der Waals surface area contributed by atoms with Crippen LogP contribution in [0.1, 0.15) is 20.7 Å². The molecule has 3 N–H and O–H groups in total. The molecule has 0 unspecified atom stereocenters. The maximum atomic E-state index is 12.7.